The van der Waals surface area contributed by atoms with E-state index in [9.17, 15) is 14.0 Å². The lowest BCUT2D eigenvalue weighted by molar-refractivity contribution is -0.114. The molecule has 10 heteroatoms. The summed E-state index contributed by atoms with van der Waals surface area (Å²) >= 11 is 2.80. The summed E-state index contributed by atoms with van der Waals surface area (Å²) in [5, 5.41) is 5.18. The van der Waals surface area contributed by atoms with Gasteiger partial charge in [0.05, 0.1) is 21.4 Å². The lowest BCUT2D eigenvalue weighted by atomic mass is 10.1. The second kappa shape index (κ2) is 9.61. The number of hydrogen-bond donors (Lipinski definition) is 2. The summed E-state index contributed by atoms with van der Waals surface area (Å²) in [5.74, 6) is -1.24. The monoisotopic (exact) mass is 503 g/mol. The molecule has 2 aromatic heterocycles. The lowest BCUT2D eigenvalue weighted by Crippen LogP contribution is -2.38. The topological polar surface area (TPSA) is 101 Å². The molecular weight excluding hydrogens is 485 g/mol. The van der Waals surface area contributed by atoms with E-state index in [4.69, 9.17) is 5.73 Å². The number of anilines is 3. The SMILES string of the molecule is Nc1nc(-c2ccc(NC(=O)CN(C(=O)c3ccc(F)cc3)c3ccc4ncsc4c3)cc2)cs1. The number of benzene rings is 3. The Morgan fingerprint density at radius 2 is 1.77 bits per heavy atom. The first kappa shape index (κ1) is 22.6. The summed E-state index contributed by atoms with van der Waals surface area (Å²) < 4.78 is 14.3. The molecule has 0 saturated carbocycles. The van der Waals surface area contributed by atoms with E-state index in [-0.39, 0.29) is 18.0 Å². The number of thiazole rings is 2. The van der Waals surface area contributed by atoms with Gasteiger partial charge in [-0.1, -0.05) is 12.1 Å². The summed E-state index contributed by atoms with van der Waals surface area (Å²) in [7, 11) is 0. The number of fused-ring (bicyclic) bond motifs is 1. The molecule has 174 valence electrons. The van der Waals surface area contributed by atoms with Crippen LogP contribution in [0.4, 0.5) is 20.9 Å². The molecule has 0 fully saturated rings. The number of hydrogen-bond acceptors (Lipinski definition) is 7. The number of halogens is 1. The molecule has 5 rings (SSSR count). The zero-order chi connectivity index (χ0) is 24.4. The molecule has 2 heterocycles. The Morgan fingerprint density at radius 1 is 1.00 bits per heavy atom. The number of nitrogen functional groups attached to an aromatic ring is 1. The van der Waals surface area contributed by atoms with E-state index >= 15 is 0 Å². The van der Waals surface area contributed by atoms with Crippen LogP contribution in [0.25, 0.3) is 21.5 Å². The fourth-order valence-electron chi connectivity index (χ4n) is 3.53. The molecule has 5 aromatic rings. The number of nitrogens with one attached hydrogen (secondary N) is 1. The molecular formula is C25H18FN5O2S2. The third-order valence-electron chi connectivity index (χ3n) is 5.25. The maximum absolute atomic E-state index is 13.4. The largest absolute Gasteiger partial charge is 0.375 e. The van der Waals surface area contributed by atoms with Crippen LogP contribution in [-0.4, -0.2) is 28.3 Å². The zero-order valence-corrected chi connectivity index (χ0v) is 19.8. The van der Waals surface area contributed by atoms with Crippen LogP contribution in [0.5, 0.6) is 0 Å². The fraction of sp³-hybridized carbons (Fsp3) is 0.0400. The summed E-state index contributed by atoms with van der Waals surface area (Å²) in [6, 6.07) is 17.8. The van der Waals surface area contributed by atoms with Gasteiger partial charge in [0, 0.05) is 27.9 Å². The van der Waals surface area contributed by atoms with Crippen LogP contribution in [0.2, 0.25) is 0 Å². The van der Waals surface area contributed by atoms with Crippen molar-refractivity contribution in [3.63, 3.8) is 0 Å². The van der Waals surface area contributed by atoms with Crippen LogP contribution < -0.4 is 16.0 Å². The van der Waals surface area contributed by atoms with Crippen molar-refractivity contribution in [1.29, 1.82) is 0 Å². The second-order valence-electron chi connectivity index (χ2n) is 7.60. The van der Waals surface area contributed by atoms with Crippen LogP contribution >= 0.6 is 22.7 Å². The van der Waals surface area contributed by atoms with Crippen molar-refractivity contribution in [1.82, 2.24) is 9.97 Å². The molecule has 7 nitrogen and oxygen atoms in total. The van der Waals surface area contributed by atoms with Gasteiger partial charge in [0.2, 0.25) is 5.91 Å². The molecule has 0 spiro atoms. The van der Waals surface area contributed by atoms with Crippen molar-refractivity contribution in [2.24, 2.45) is 0 Å². The number of amides is 2. The van der Waals surface area contributed by atoms with Gasteiger partial charge in [-0.25, -0.2) is 14.4 Å². The van der Waals surface area contributed by atoms with Gasteiger partial charge in [0.1, 0.15) is 12.4 Å². The van der Waals surface area contributed by atoms with Crippen molar-refractivity contribution < 1.29 is 14.0 Å². The highest BCUT2D eigenvalue weighted by Gasteiger charge is 2.22. The number of aromatic nitrogens is 2. The molecule has 2 amide bonds. The molecule has 0 atom stereocenters. The molecule has 0 aliphatic carbocycles. The molecule has 3 aromatic carbocycles. The van der Waals surface area contributed by atoms with E-state index in [1.807, 2.05) is 23.6 Å². The summed E-state index contributed by atoms with van der Waals surface area (Å²) in [6.45, 7) is -0.231. The molecule has 3 N–H and O–H groups in total. The van der Waals surface area contributed by atoms with Crippen LogP contribution in [0.3, 0.4) is 0 Å². The molecule has 35 heavy (non-hydrogen) atoms. The van der Waals surface area contributed by atoms with Gasteiger partial charge in [-0.2, -0.15) is 0 Å². The van der Waals surface area contributed by atoms with Gasteiger partial charge < -0.3 is 11.1 Å². The maximum Gasteiger partial charge on any atom is 0.258 e. The van der Waals surface area contributed by atoms with E-state index in [0.717, 1.165) is 21.5 Å². The average Bonchev–Trinajstić information content (AvgIpc) is 3.51. The molecule has 0 bridgehead atoms. The first-order chi connectivity index (χ1) is 17.0. The van der Waals surface area contributed by atoms with Gasteiger partial charge in [0.15, 0.2) is 5.13 Å². The van der Waals surface area contributed by atoms with Crippen molar-refractivity contribution in [2.75, 3.05) is 22.5 Å². The maximum atomic E-state index is 13.4. The summed E-state index contributed by atoms with van der Waals surface area (Å²) in [4.78, 5) is 36.2. The molecule has 0 radical (unpaired) electrons. The number of nitrogens with zero attached hydrogens (tertiary/aromatic N) is 3. The van der Waals surface area contributed by atoms with Gasteiger partial charge in [-0.15, -0.1) is 22.7 Å². The molecule has 0 aliphatic heterocycles. The highest BCUT2D eigenvalue weighted by molar-refractivity contribution is 7.16. The summed E-state index contributed by atoms with van der Waals surface area (Å²) in [6.07, 6.45) is 0. The number of rotatable bonds is 6. The Kier molecular flexibility index (Phi) is 6.21. The van der Waals surface area contributed by atoms with Gasteiger partial charge >= 0.3 is 0 Å². The standard InChI is InChI=1S/C25H18FN5O2S2/c26-17-5-1-16(2-6-17)24(33)31(19-9-10-20-22(11-19)35-14-28-20)12-23(32)29-18-7-3-15(4-8-18)21-13-34-25(27)30-21/h1-11,13-14H,12H2,(H2,27,30)(H,29,32). The van der Waals surface area contributed by atoms with Gasteiger partial charge in [0.25, 0.3) is 5.91 Å². The quantitative estimate of drug-likeness (QED) is 0.322. The Balaban J connectivity index is 1.37. The van der Waals surface area contributed by atoms with E-state index in [1.54, 1.807) is 29.8 Å². The Morgan fingerprint density at radius 3 is 2.49 bits per heavy atom. The smallest absolute Gasteiger partial charge is 0.258 e. The van der Waals surface area contributed by atoms with Crippen molar-refractivity contribution in [3.05, 3.63) is 89.0 Å². The molecule has 0 aliphatic rings. The number of nitrogens with two attached hydrogens (primary N) is 1. The van der Waals surface area contributed by atoms with Crippen LogP contribution in [-0.2, 0) is 4.79 Å². The lowest BCUT2D eigenvalue weighted by Gasteiger charge is -2.22. The third-order valence-corrected chi connectivity index (χ3v) is 6.72. The average molecular weight is 504 g/mol. The minimum absolute atomic E-state index is 0.231. The van der Waals surface area contributed by atoms with Gasteiger partial charge in [-0.3, -0.25) is 14.5 Å². The van der Waals surface area contributed by atoms with E-state index in [0.29, 0.717) is 16.5 Å². The Labute approximate surface area is 207 Å². The normalized spacial score (nSPS) is 10.9. The van der Waals surface area contributed by atoms with Crippen LogP contribution in [0, 0.1) is 5.82 Å². The number of carbonyl (C=O) groups is 2. The van der Waals surface area contributed by atoms with E-state index < -0.39 is 11.7 Å². The van der Waals surface area contributed by atoms with E-state index in [2.05, 4.69) is 15.3 Å². The third kappa shape index (κ3) is 5.03. The van der Waals surface area contributed by atoms with Crippen molar-refractivity contribution >= 4 is 61.2 Å². The summed E-state index contributed by atoms with van der Waals surface area (Å²) in [5.41, 5.74) is 11.3. The first-order valence-corrected chi connectivity index (χ1v) is 12.2. The Bertz CT molecular complexity index is 1510. The van der Waals surface area contributed by atoms with E-state index in [1.165, 1.54) is 51.8 Å². The Hall–Kier alpha value is -4.15. The predicted octanol–water partition coefficient (Wildman–Crippen LogP) is 5.43. The highest BCUT2D eigenvalue weighted by Crippen LogP contribution is 2.27. The highest BCUT2D eigenvalue weighted by atomic mass is 32.1. The van der Waals surface area contributed by atoms with Gasteiger partial charge in [-0.05, 0) is 54.6 Å². The predicted molar refractivity (Wildman–Crippen MR) is 138 cm³/mol. The molecule has 0 unspecified atom stereocenters. The van der Waals surface area contributed by atoms with Crippen LogP contribution in [0.15, 0.2) is 77.6 Å². The van der Waals surface area contributed by atoms with Crippen molar-refractivity contribution in [2.45, 2.75) is 0 Å². The van der Waals surface area contributed by atoms with Crippen molar-refractivity contribution in [3.8, 4) is 11.3 Å². The molecule has 0 saturated heterocycles. The number of carbonyl (C=O) groups excluding carboxylic acids is 2. The minimum atomic E-state index is -0.444. The zero-order valence-electron chi connectivity index (χ0n) is 18.1. The fourth-order valence-corrected chi connectivity index (χ4v) is 4.81. The van der Waals surface area contributed by atoms with Crippen LogP contribution in [0.1, 0.15) is 10.4 Å². The first-order valence-electron chi connectivity index (χ1n) is 10.5. The minimum Gasteiger partial charge on any atom is -0.375 e. The second-order valence-corrected chi connectivity index (χ2v) is 9.38.